The first-order chi connectivity index (χ1) is 10.1. The van der Waals surface area contributed by atoms with E-state index in [-0.39, 0.29) is 5.91 Å². The third kappa shape index (κ3) is 2.74. The molecule has 1 N–H and O–H groups in total. The van der Waals surface area contributed by atoms with Crippen LogP contribution in [0, 0.1) is 16.7 Å². The molecular weight excluding hydrogens is 306 g/mol. The van der Waals surface area contributed by atoms with Gasteiger partial charge in [-0.15, -0.1) is 0 Å². The van der Waals surface area contributed by atoms with E-state index in [2.05, 4.69) is 16.4 Å². The fourth-order valence-corrected chi connectivity index (χ4v) is 3.85. The van der Waals surface area contributed by atoms with Gasteiger partial charge in [0.2, 0.25) is 5.91 Å². The maximum Gasteiger partial charge on any atom is 0.246 e. The third-order valence-corrected chi connectivity index (χ3v) is 5.10. The second kappa shape index (κ2) is 5.63. The van der Waals surface area contributed by atoms with Gasteiger partial charge in [0, 0.05) is 5.02 Å². The molecule has 0 saturated heterocycles. The summed E-state index contributed by atoms with van der Waals surface area (Å²) >= 11 is 7.32. The van der Waals surface area contributed by atoms with Crippen molar-refractivity contribution in [3.63, 3.8) is 0 Å². The van der Waals surface area contributed by atoms with Crippen molar-refractivity contribution in [3.8, 4) is 6.07 Å². The minimum Gasteiger partial charge on any atom is -0.301 e. The van der Waals surface area contributed by atoms with Crippen molar-refractivity contribution < 1.29 is 4.79 Å². The van der Waals surface area contributed by atoms with Crippen LogP contribution in [0.1, 0.15) is 32.1 Å². The Bertz CT molecular complexity index is 728. The number of nitrogens with one attached hydrogen (secondary N) is 1. The molecule has 1 aliphatic rings. The van der Waals surface area contributed by atoms with Crippen LogP contribution in [0.15, 0.2) is 18.2 Å². The molecule has 2 aromatic rings. The highest BCUT2D eigenvalue weighted by atomic mass is 35.5. The smallest absolute Gasteiger partial charge is 0.246 e. The van der Waals surface area contributed by atoms with Crippen LogP contribution in [0.5, 0.6) is 0 Å². The number of halogens is 1. The van der Waals surface area contributed by atoms with Crippen molar-refractivity contribution in [2.45, 2.75) is 32.1 Å². The number of benzene rings is 1. The van der Waals surface area contributed by atoms with E-state index in [0.717, 1.165) is 29.5 Å². The zero-order chi connectivity index (χ0) is 14.9. The van der Waals surface area contributed by atoms with Gasteiger partial charge in [0.05, 0.1) is 16.3 Å². The van der Waals surface area contributed by atoms with Crippen LogP contribution in [0.4, 0.5) is 5.13 Å². The van der Waals surface area contributed by atoms with E-state index in [1.54, 1.807) is 6.07 Å². The molecule has 4 nitrogen and oxygen atoms in total. The number of hydrogen-bond donors (Lipinski definition) is 1. The van der Waals surface area contributed by atoms with Crippen LogP contribution >= 0.6 is 22.9 Å². The molecule has 1 fully saturated rings. The minimum atomic E-state index is -0.895. The van der Waals surface area contributed by atoms with Crippen molar-refractivity contribution in [1.29, 1.82) is 5.26 Å². The first-order valence-electron chi connectivity index (χ1n) is 6.92. The van der Waals surface area contributed by atoms with Crippen LogP contribution < -0.4 is 5.32 Å². The maximum absolute atomic E-state index is 12.5. The summed E-state index contributed by atoms with van der Waals surface area (Å²) in [6, 6.07) is 7.64. The van der Waals surface area contributed by atoms with Crippen LogP contribution in [-0.2, 0) is 4.79 Å². The lowest BCUT2D eigenvalue weighted by Crippen LogP contribution is -2.36. The number of aromatic nitrogens is 1. The highest BCUT2D eigenvalue weighted by Gasteiger charge is 2.40. The number of nitriles is 1. The summed E-state index contributed by atoms with van der Waals surface area (Å²) in [5.74, 6) is -0.227. The molecule has 6 heteroatoms. The highest BCUT2D eigenvalue weighted by molar-refractivity contribution is 7.22. The molecule has 1 aliphatic carbocycles. The Morgan fingerprint density at radius 3 is 2.86 bits per heavy atom. The summed E-state index contributed by atoms with van der Waals surface area (Å²) in [4.78, 5) is 16.8. The number of carbonyl (C=O) groups excluding carboxylic acids is 1. The summed E-state index contributed by atoms with van der Waals surface area (Å²) in [6.07, 6.45) is 4.21. The summed E-state index contributed by atoms with van der Waals surface area (Å²) < 4.78 is 0.924. The number of amides is 1. The molecule has 1 aromatic carbocycles. The molecule has 1 aromatic heterocycles. The topological polar surface area (TPSA) is 65.8 Å². The quantitative estimate of drug-likeness (QED) is 0.894. The van der Waals surface area contributed by atoms with Gasteiger partial charge in [-0.25, -0.2) is 4.98 Å². The molecule has 0 atom stereocenters. The molecule has 1 amide bonds. The monoisotopic (exact) mass is 319 g/mol. The van der Waals surface area contributed by atoms with Gasteiger partial charge in [0.1, 0.15) is 5.41 Å². The summed E-state index contributed by atoms with van der Waals surface area (Å²) in [6.45, 7) is 0. The Morgan fingerprint density at radius 1 is 1.38 bits per heavy atom. The van der Waals surface area contributed by atoms with Gasteiger partial charge in [-0.2, -0.15) is 5.26 Å². The first-order valence-corrected chi connectivity index (χ1v) is 8.11. The lowest BCUT2D eigenvalue weighted by atomic mass is 9.74. The Morgan fingerprint density at radius 2 is 2.14 bits per heavy atom. The largest absolute Gasteiger partial charge is 0.301 e. The van der Waals surface area contributed by atoms with Crippen molar-refractivity contribution in [2.75, 3.05) is 5.32 Å². The van der Waals surface area contributed by atoms with Crippen LogP contribution in [0.2, 0.25) is 5.02 Å². The zero-order valence-corrected chi connectivity index (χ0v) is 12.9. The predicted molar refractivity (Wildman–Crippen MR) is 84.4 cm³/mol. The van der Waals surface area contributed by atoms with Gasteiger partial charge in [0.15, 0.2) is 5.13 Å². The Balaban J connectivity index is 1.84. The molecule has 21 heavy (non-hydrogen) atoms. The number of thiazole rings is 1. The average Bonchev–Trinajstić information content (AvgIpc) is 2.89. The second-order valence-electron chi connectivity index (χ2n) is 5.34. The molecule has 1 saturated carbocycles. The lowest BCUT2D eigenvalue weighted by molar-refractivity contribution is -0.124. The summed E-state index contributed by atoms with van der Waals surface area (Å²) in [5.41, 5.74) is -0.0948. The number of nitrogens with zero attached hydrogens (tertiary/aromatic N) is 2. The molecule has 0 aliphatic heterocycles. The SMILES string of the molecule is N#CC1(C(=O)Nc2nc3ccc(Cl)cc3s2)CCCCC1. The molecular formula is C15H14ClN3OS. The number of fused-ring (bicyclic) bond motifs is 1. The Hall–Kier alpha value is -1.64. The standard InChI is InChI=1S/C15H14ClN3OS/c16-10-4-5-11-12(8-10)21-14(18-11)19-13(20)15(9-17)6-2-1-3-7-15/h4-5,8H,1-3,6-7H2,(H,18,19,20). The van der Waals surface area contributed by atoms with E-state index >= 15 is 0 Å². The van der Waals surface area contributed by atoms with Gasteiger partial charge in [-0.05, 0) is 31.0 Å². The normalized spacial score (nSPS) is 17.3. The zero-order valence-electron chi connectivity index (χ0n) is 11.4. The Kier molecular flexibility index (Phi) is 3.83. The fourth-order valence-electron chi connectivity index (χ4n) is 2.71. The molecule has 0 radical (unpaired) electrons. The Labute approximate surface area is 131 Å². The van der Waals surface area contributed by atoms with Crippen molar-refractivity contribution in [3.05, 3.63) is 23.2 Å². The van der Waals surface area contributed by atoms with Gasteiger partial charge in [-0.1, -0.05) is 42.2 Å². The number of carbonyl (C=O) groups is 1. The van der Waals surface area contributed by atoms with Crippen LogP contribution in [-0.4, -0.2) is 10.9 Å². The molecule has 1 heterocycles. The maximum atomic E-state index is 12.5. The van der Waals surface area contributed by atoms with Crippen molar-refractivity contribution in [2.24, 2.45) is 5.41 Å². The lowest BCUT2D eigenvalue weighted by Gasteiger charge is -2.28. The summed E-state index contributed by atoms with van der Waals surface area (Å²) in [5, 5.41) is 13.4. The van der Waals surface area contributed by atoms with E-state index in [1.165, 1.54) is 11.3 Å². The molecule has 0 bridgehead atoms. The first kappa shape index (κ1) is 14.3. The number of rotatable bonds is 2. The third-order valence-electron chi connectivity index (χ3n) is 3.93. The van der Waals surface area contributed by atoms with E-state index in [4.69, 9.17) is 11.6 Å². The highest BCUT2D eigenvalue weighted by Crippen LogP contribution is 2.37. The molecule has 0 spiro atoms. The minimum absolute atomic E-state index is 0.227. The number of anilines is 1. The van der Waals surface area contributed by atoms with Gasteiger partial charge in [-0.3, -0.25) is 4.79 Å². The van der Waals surface area contributed by atoms with E-state index in [1.807, 2.05) is 12.1 Å². The van der Waals surface area contributed by atoms with Crippen LogP contribution in [0.25, 0.3) is 10.2 Å². The van der Waals surface area contributed by atoms with Gasteiger partial charge in [0.25, 0.3) is 0 Å². The van der Waals surface area contributed by atoms with Crippen LogP contribution in [0.3, 0.4) is 0 Å². The van der Waals surface area contributed by atoms with E-state index in [9.17, 15) is 10.1 Å². The molecule has 3 rings (SSSR count). The van der Waals surface area contributed by atoms with Crippen molar-refractivity contribution in [1.82, 2.24) is 4.98 Å². The molecule has 0 unspecified atom stereocenters. The van der Waals surface area contributed by atoms with Gasteiger partial charge >= 0.3 is 0 Å². The van der Waals surface area contributed by atoms with E-state index < -0.39 is 5.41 Å². The van der Waals surface area contributed by atoms with Gasteiger partial charge < -0.3 is 5.32 Å². The summed E-state index contributed by atoms with van der Waals surface area (Å²) in [7, 11) is 0. The second-order valence-corrected chi connectivity index (χ2v) is 6.81. The van der Waals surface area contributed by atoms with Crippen molar-refractivity contribution >= 4 is 44.2 Å². The fraction of sp³-hybridized carbons (Fsp3) is 0.400. The predicted octanol–water partition coefficient (Wildman–Crippen LogP) is 4.36. The average molecular weight is 320 g/mol. The molecule has 108 valence electrons. The number of hydrogen-bond acceptors (Lipinski definition) is 4. The van der Waals surface area contributed by atoms with E-state index in [0.29, 0.717) is 23.0 Å².